The van der Waals surface area contributed by atoms with Crippen LogP contribution in [-0.4, -0.2) is 60.3 Å². The highest BCUT2D eigenvalue weighted by Crippen LogP contribution is 2.35. The molecule has 32 heavy (non-hydrogen) atoms. The number of nitrogens with one attached hydrogen (secondary N) is 2. The molecule has 174 valence electrons. The molecular formula is C21H27F3N5O2P. The number of anilines is 2. The Hall–Kier alpha value is -2.45. The van der Waals surface area contributed by atoms with Crippen LogP contribution in [0.5, 0.6) is 0 Å². The van der Waals surface area contributed by atoms with Gasteiger partial charge in [-0.05, 0) is 70.6 Å². The van der Waals surface area contributed by atoms with E-state index in [1.165, 1.54) is 0 Å². The van der Waals surface area contributed by atoms with Crippen molar-refractivity contribution in [3.63, 3.8) is 0 Å². The van der Waals surface area contributed by atoms with Crippen molar-refractivity contribution in [2.75, 3.05) is 38.8 Å². The number of benzene rings is 1. The topological polar surface area (TPSA) is 87.2 Å². The summed E-state index contributed by atoms with van der Waals surface area (Å²) in [4.78, 5) is 22.3. The summed E-state index contributed by atoms with van der Waals surface area (Å²) in [6.07, 6.45) is -2.97. The van der Waals surface area contributed by atoms with Crippen LogP contribution in [-0.2, 0) is 22.0 Å². The van der Waals surface area contributed by atoms with E-state index in [9.17, 15) is 22.5 Å². The molecule has 0 bridgehead atoms. The number of halogens is 3. The first-order valence-corrected chi connectivity index (χ1v) is 12.9. The van der Waals surface area contributed by atoms with E-state index < -0.39 is 31.2 Å². The van der Waals surface area contributed by atoms with E-state index in [1.54, 1.807) is 37.6 Å². The van der Waals surface area contributed by atoms with E-state index in [2.05, 4.69) is 25.5 Å². The highest BCUT2D eigenvalue weighted by Gasteiger charge is 2.35. The summed E-state index contributed by atoms with van der Waals surface area (Å²) in [5.74, 6) is -0.551. The lowest BCUT2D eigenvalue weighted by Gasteiger charge is -2.29. The summed E-state index contributed by atoms with van der Waals surface area (Å²) in [5.41, 5.74) is -0.887. The number of hydrogen-bond acceptors (Lipinski definition) is 6. The molecule has 3 rings (SSSR count). The number of carbonyl (C=O) groups is 1. The molecule has 7 nitrogen and oxygen atoms in total. The van der Waals surface area contributed by atoms with Crippen LogP contribution in [0, 0.1) is 0 Å². The second-order valence-corrected chi connectivity index (χ2v) is 11.6. The molecule has 1 saturated heterocycles. The van der Waals surface area contributed by atoms with Gasteiger partial charge in [0.05, 0.1) is 17.7 Å². The zero-order valence-electron chi connectivity index (χ0n) is 18.2. The maximum atomic E-state index is 13.5. The van der Waals surface area contributed by atoms with Crippen LogP contribution >= 0.6 is 7.14 Å². The van der Waals surface area contributed by atoms with Crippen LogP contribution in [0.25, 0.3) is 0 Å². The van der Waals surface area contributed by atoms with E-state index >= 15 is 0 Å². The highest BCUT2D eigenvalue weighted by atomic mass is 31.2. The standard InChI is InChI=1S/C21H27F3N5O2P/c1-29-10-8-15(9-11-29)26-19(30)12-18-17(21(22,23)24)13-25-20(28-18)27-14-4-6-16(7-5-14)32(2,3)31/h4-7,13,15H,8-12H2,1-3H3,(H,26,30)(H,25,27,28). The molecule has 1 fully saturated rings. The SMILES string of the molecule is CN1CCC(NC(=O)Cc2nc(Nc3ccc(P(C)(C)=O)cc3)ncc2C(F)(F)F)CC1. The zero-order chi connectivity index (χ0) is 23.5. The molecule has 2 heterocycles. The van der Waals surface area contributed by atoms with Crippen LogP contribution in [0.4, 0.5) is 24.8 Å². The van der Waals surface area contributed by atoms with Crippen molar-refractivity contribution < 1.29 is 22.5 Å². The molecule has 2 aromatic rings. The van der Waals surface area contributed by atoms with E-state index in [4.69, 9.17) is 0 Å². The second kappa shape index (κ2) is 9.58. The van der Waals surface area contributed by atoms with Gasteiger partial charge in [0, 0.05) is 23.2 Å². The summed E-state index contributed by atoms with van der Waals surface area (Å²) >= 11 is 0. The molecule has 0 radical (unpaired) electrons. The van der Waals surface area contributed by atoms with Crippen molar-refractivity contribution in [2.24, 2.45) is 0 Å². The number of likely N-dealkylation sites (tertiary alicyclic amines) is 1. The van der Waals surface area contributed by atoms with Crippen molar-refractivity contribution in [1.82, 2.24) is 20.2 Å². The van der Waals surface area contributed by atoms with Gasteiger partial charge in [0.1, 0.15) is 7.14 Å². The lowest BCUT2D eigenvalue weighted by atomic mass is 10.0. The first-order chi connectivity index (χ1) is 14.9. The van der Waals surface area contributed by atoms with Crippen molar-refractivity contribution in [3.05, 3.63) is 41.7 Å². The first kappa shape index (κ1) is 24.2. The number of piperidine rings is 1. The average molecular weight is 469 g/mol. The third-order valence-electron chi connectivity index (χ3n) is 5.33. The predicted octanol–water partition coefficient (Wildman–Crippen LogP) is 3.24. The number of alkyl halides is 3. The smallest absolute Gasteiger partial charge is 0.353 e. The number of nitrogens with zero attached hydrogens (tertiary/aromatic N) is 3. The Morgan fingerprint density at radius 2 is 1.81 bits per heavy atom. The van der Waals surface area contributed by atoms with Crippen molar-refractivity contribution in [3.8, 4) is 0 Å². The summed E-state index contributed by atoms with van der Waals surface area (Å²) in [7, 11) is -0.434. The Balaban J connectivity index is 1.76. The Morgan fingerprint density at radius 1 is 1.19 bits per heavy atom. The van der Waals surface area contributed by atoms with Crippen LogP contribution in [0.2, 0.25) is 0 Å². The molecule has 0 unspecified atom stereocenters. The number of carbonyl (C=O) groups excluding carboxylic acids is 1. The zero-order valence-corrected chi connectivity index (χ0v) is 19.1. The maximum Gasteiger partial charge on any atom is 0.419 e. The normalized spacial score (nSPS) is 16.1. The lowest BCUT2D eigenvalue weighted by Crippen LogP contribution is -2.44. The summed E-state index contributed by atoms with van der Waals surface area (Å²) in [6, 6.07) is 6.62. The fourth-order valence-electron chi connectivity index (χ4n) is 3.47. The minimum atomic E-state index is -4.67. The van der Waals surface area contributed by atoms with Gasteiger partial charge in [0.15, 0.2) is 0 Å². The van der Waals surface area contributed by atoms with Gasteiger partial charge >= 0.3 is 6.18 Å². The molecule has 2 N–H and O–H groups in total. The third kappa shape index (κ3) is 6.53. The van der Waals surface area contributed by atoms with Gasteiger partial charge in [0.2, 0.25) is 11.9 Å². The molecule has 0 saturated carbocycles. The van der Waals surface area contributed by atoms with Gasteiger partial charge in [-0.15, -0.1) is 0 Å². The fraction of sp³-hybridized carbons (Fsp3) is 0.476. The molecule has 0 atom stereocenters. The Bertz CT molecular complexity index is 999. The summed E-state index contributed by atoms with van der Waals surface area (Å²) in [5, 5.41) is 6.34. The minimum Gasteiger partial charge on any atom is -0.353 e. The molecule has 1 aromatic carbocycles. The molecule has 1 aromatic heterocycles. The van der Waals surface area contributed by atoms with E-state index in [-0.39, 0.29) is 17.7 Å². The fourth-order valence-corrected chi connectivity index (χ4v) is 4.33. The van der Waals surface area contributed by atoms with Gasteiger partial charge in [-0.1, -0.05) is 0 Å². The monoisotopic (exact) mass is 469 g/mol. The Kier molecular flexibility index (Phi) is 7.25. The quantitative estimate of drug-likeness (QED) is 0.632. The van der Waals surface area contributed by atoms with Gasteiger partial charge in [-0.25, -0.2) is 9.97 Å². The van der Waals surface area contributed by atoms with Gasteiger partial charge in [-0.2, -0.15) is 13.2 Å². The molecular weight excluding hydrogens is 442 g/mol. The van der Waals surface area contributed by atoms with Crippen molar-refractivity contribution in [2.45, 2.75) is 31.5 Å². The molecule has 0 aliphatic carbocycles. The van der Waals surface area contributed by atoms with E-state index in [0.29, 0.717) is 17.2 Å². The average Bonchev–Trinajstić information content (AvgIpc) is 2.69. The van der Waals surface area contributed by atoms with Crippen LogP contribution < -0.4 is 15.9 Å². The van der Waals surface area contributed by atoms with Crippen LogP contribution in [0.3, 0.4) is 0 Å². The summed E-state index contributed by atoms with van der Waals surface area (Å²) in [6.45, 7) is 4.95. The largest absolute Gasteiger partial charge is 0.419 e. The first-order valence-electron chi connectivity index (χ1n) is 10.3. The molecule has 11 heteroatoms. The predicted molar refractivity (Wildman–Crippen MR) is 118 cm³/mol. The van der Waals surface area contributed by atoms with E-state index in [0.717, 1.165) is 25.9 Å². The second-order valence-electron chi connectivity index (χ2n) is 8.40. The van der Waals surface area contributed by atoms with Gasteiger partial charge in [0.25, 0.3) is 0 Å². The van der Waals surface area contributed by atoms with Crippen molar-refractivity contribution >= 4 is 30.0 Å². The van der Waals surface area contributed by atoms with Gasteiger partial charge in [-0.3, -0.25) is 4.79 Å². The molecule has 0 spiro atoms. The number of hydrogen-bond donors (Lipinski definition) is 2. The summed E-state index contributed by atoms with van der Waals surface area (Å²) < 4.78 is 52.5. The molecule has 1 amide bonds. The highest BCUT2D eigenvalue weighted by molar-refractivity contribution is 7.70. The third-order valence-corrected chi connectivity index (χ3v) is 6.87. The Labute approximate surface area is 185 Å². The number of aromatic nitrogens is 2. The van der Waals surface area contributed by atoms with Gasteiger partial charge < -0.3 is 20.1 Å². The maximum absolute atomic E-state index is 13.5. The number of amides is 1. The van der Waals surface area contributed by atoms with Crippen molar-refractivity contribution in [1.29, 1.82) is 0 Å². The molecule has 1 aliphatic rings. The van der Waals surface area contributed by atoms with Crippen LogP contribution in [0.15, 0.2) is 30.5 Å². The minimum absolute atomic E-state index is 0.0518. The Morgan fingerprint density at radius 3 is 2.38 bits per heavy atom. The number of rotatable bonds is 6. The lowest BCUT2D eigenvalue weighted by molar-refractivity contribution is -0.138. The van der Waals surface area contributed by atoms with E-state index in [1.807, 2.05) is 7.05 Å². The molecule has 1 aliphatic heterocycles. The van der Waals surface area contributed by atoms with Crippen LogP contribution in [0.1, 0.15) is 24.1 Å².